The summed E-state index contributed by atoms with van der Waals surface area (Å²) in [6, 6.07) is 7.73. The van der Waals surface area contributed by atoms with Crippen molar-refractivity contribution >= 4 is 56.7 Å². The summed E-state index contributed by atoms with van der Waals surface area (Å²) in [6.45, 7) is 10.2. The van der Waals surface area contributed by atoms with Crippen LogP contribution >= 0.6 is 0 Å². The first-order valence-corrected chi connectivity index (χ1v) is 22.3. The van der Waals surface area contributed by atoms with Gasteiger partial charge >= 0.3 is 281 Å². The third-order valence-corrected chi connectivity index (χ3v) is 13.4. The number of rotatable bonds is 19. The molecule has 0 aliphatic carbocycles. The number of fused-ring (bicyclic) bond motifs is 2. The van der Waals surface area contributed by atoms with E-state index in [4.69, 9.17) is 4.74 Å². The number of nitrogens with zero attached hydrogens (tertiary/aromatic N) is 2. The Morgan fingerprint density at radius 2 is 1.37 bits per heavy atom. The second kappa shape index (κ2) is 17.6. The number of aromatic nitrogens is 1. The maximum absolute atomic E-state index is 13.0. The Labute approximate surface area is 299 Å². The molecule has 2 heterocycles. The van der Waals surface area contributed by atoms with Crippen molar-refractivity contribution in [2.75, 3.05) is 4.31 Å². The van der Waals surface area contributed by atoms with Crippen LogP contribution in [0.3, 0.4) is 0 Å². The quantitative estimate of drug-likeness (QED) is 0.0541. The van der Waals surface area contributed by atoms with Gasteiger partial charge in [0.2, 0.25) is 0 Å². The molecule has 0 atom stereocenters. The predicted molar refractivity (Wildman–Crippen MR) is 199 cm³/mol. The van der Waals surface area contributed by atoms with Crippen LogP contribution < -0.4 is 13.0 Å². The minimum atomic E-state index is -4.77. The van der Waals surface area contributed by atoms with Crippen molar-refractivity contribution in [1.82, 2.24) is 0 Å². The van der Waals surface area contributed by atoms with Gasteiger partial charge in [-0.2, -0.15) is 0 Å². The van der Waals surface area contributed by atoms with E-state index in [0.29, 0.717) is 33.5 Å². The zero-order valence-electron chi connectivity index (χ0n) is 29.6. The number of unbranched alkanes of at least 4 members (excludes halogenated alkanes) is 9. The topological polar surface area (TPSA) is 125 Å². The van der Waals surface area contributed by atoms with Gasteiger partial charge in [0.05, 0.1) is 0 Å². The molecule has 4 rings (SSSR count). The molecule has 3 aromatic rings. The van der Waals surface area contributed by atoms with E-state index in [1.54, 1.807) is 18.2 Å². The standard InChI is InChI=1S/C37H52N2O7S2Se/c1-6-9-12-15-18-29(25-34-38(47(40,41)42)36-27(4)30(19-16-13-10-7-2)21-23-32(36)46-34)26-35-39(48(43,44)45)37-28(5)31(20-17-14-11-8-3)22-24-33(37)49-35/h21-26H,6-20H2,1-5H3,(H-,40,41,42,43,44,45)/p+1. The minimum absolute atomic E-state index is 0.0713. The van der Waals surface area contributed by atoms with Crippen LogP contribution in [-0.2, 0) is 33.4 Å². The molecule has 0 bridgehead atoms. The molecular weight excluding hydrogens is 728 g/mol. The molecule has 9 nitrogen and oxygen atoms in total. The molecule has 0 radical (unpaired) electrons. The summed E-state index contributed by atoms with van der Waals surface area (Å²) in [7, 11) is -9.44. The van der Waals surface area contributed by atoms with Gasteiger partial charge in [-0.25, -0.2) is 0 Å². The van der Waals surface area contributed by atoms with Crippen LogP contribution in [0.5, 0.6) is 5.75 Å². The van der Waals surface area contributed by atoms with E-state index < -0.39 is 35.1 Å². The Bertz CT molecular complexity index is 1900. The molecule has 1 aliphatic heterocycles. The van der Waals surface area contributed by atoms with E-state index in [1.165, 1.54) is 0 Å². The molecule has 0 saturated heterocycles. The van der Waals surface area contributed by atoms with E-state index >= 15 is 0 Å². The maximum atomic E-state index is 13.0. The van der Waals surface area contributed by atoms with Gasteiger partial charge in [0.25, 0.3) is 0 Å². The molecule has 0 saturated carbocycles. The van der Waals surface area contributed by atoms with Gasteiger partial charge in [0.1, 0.15) is 0 Å². The van der Waals surface area contributed by atoms with Gasteiger partial charge < -0.3 is 0 Å². The number of benzene rings is 2. The van der Waals surface area contributed by atoms with Gasteiger partial charge in [-0.3, -0.25) is 0 Å². The fourth-order valence-electron chi connectivity index (χ4n) is 6.55. The molecule has 1 aromatic heterocycles. The number of aryl methyl sites for hydroxylation is 3. The van der Waals surface area contributed by atoms with E-state index in [-0.39, 0.29) is 5.88 Å². The van der Waals surface area contributed by atoms with Gasteiger partial charge in [0, 0.05) is 0 Å². The fraction of sp³-hybridized carbons (Fsp3) is 0.541. The Morgan fingerprint density at radius 3 is 1.94 bits per heavy atom. The normalized spacial score (nSPS) is 14.6. The Balaban J connectivity index is 1.82. The van der Waals surface area contributed by atoms with Crippen LogP contribution in [0.25, 0.3) is 15.9 Å². The summed E-state index contributed by atoms with van der Waals surface area (Å²) in [5.41, 5.74) is 5.06. The van der Waals surface area contributed by atoms with Crippen LogP contribution in [0.1, 0.15) is 131 Å². The average molecular weight is 781 g/mol. The summed E-state index contributed by atoms with van der Waals surface area (Å²) >= 11 is -0.449. The number of hydrogen-bond donors (Lipinski definition) is 2. The van der Waals surface area contributed by atoms with Crippen molar-refractivity contribution in [2.45, 2.75) is 131 Å². The zero-order valence-corrected chi connectivity index (χ0v) is 33.0. The molecule has 270 valence electrons. The first-order valence-electron chi connectivity index (χ1n) is 17.8. The molecule has 49 heavy (non-hydrogen) atoms. The van der Waals surface area contributed by atoms with E-state index in [2.05, 4.69) is 26.8 Å². The monoisotopic (exact) mass is 781 g/mol. The molecule has 12 heteroatoms. The number of hydrogen-bond acceptors (Lipinski definition) is 5. The molecule has 2 N–H and O–H groups in total. The van der Waals surface area contributed by atoms with E-state index in [1.807, 2.05) is 26.0 Å². The predicted octanol–water partition coefficient (Wildman–Crippen LogP) is 8.59. The molecule has 2 aromatic carbocycles. The van der Waals surface area contributed by atoms with Crippen molar-refractivity contribution in [1.29, 1.82) is 0 Å². The van der Waals surface area contributed by atoms with Crippen LogP contribution in [0.4, 0.5) is 5.69 Å². The summed E-state index contributed by atoms with van der Waals surface area (Å²) in [5.74, 6) is 0.258. The van der Waals surface area contributed by atoms with Crippen LogP contribution in [0.2, 0.25) is 0 Å². The molecular formula is C37H53N2O7S2Se+. The number of ether oxygens (including phenoxy) is 1. The SMILES string of the molecule is CCCCCCC(/C=C1\Oc2ccc(CCCCCC)c(C)c2N1S(=O)(=O)O)=C\c1[se]c2ccc(CCCCCC)c(C)c2[n+]1S(=O)(=O)O. The second-order valence-electron chi connectivity index (χ2n) is 13.1. The van der Waals surface area contributed by atoms with Crippen LogP contribution in [0.15, 0.2) is 41.8 Å². The first kappa shape index (κ1) is 39.3. The van der Waals surface area contributed by atoms with Crippen molar-refractivity contribution in [2.24, 2.45) is 0 Å². The molecule has 0 amide bonds. The average Bonchev–Trinajstić information content (AvgIpc) is 3.61. The summed E-state index contributed by atoms with van der Waals surface area (Å²) < 4.78 is 82.2. The Hall–Kier alpha value is -2.47. The molecule has 1 aliphatic rings. The zero-order chi connectivity index (χ0) is 35.8. The summed E-state index contributed by atoms with van der Waals surface area (Å²) in [5, 5.41) is 0. The van der Waals surface area contributed by atoms with Crippen molar-refractivity contribution < 1.29 is 34.7 Å². The first-order chi connectivity index (χ1) is 23.3. The van der Waals surface area contributed by atoms with Gasteiger partial charge in [-0.05, 0) is 0 Å². The Kier molecular flexibility index (Phi) is 14.2. The van der Waals surface area contributed by atoms with Gasteiger partial charge in [-0.1, -0.05) is 19.8 Å². The van der Waals surface area contributed by atoms with Crippen molar-refractivity contribution in [3.05, 3.63) is 68.6 Å². The van der Waals surface area contributed by atoms with E-state index in [9.17, 15) is 25.9 Å². The van der Waals surface area contributed by atoms with Gasteiger partial charge in [0.15, 0.2) is 0 Å². The number of anilines is 1. The van der Waals surface area contributed by atoms with Crippen molar-refractivity contribution in [3.63, 3.8) is 0 Å². The number of allylic oxidation sites excluding steroid dienone is 2. The Morgan fingerprint density at radius 1 is 0.796 bits per heavy atom. The molecule has 0 fully saturated rings. The second-order valence-corrected chi connectivity index (χ2v) is 17.8. The van der Waals surface area contributed by atoms with Gasteiger partial charge in [-0.15, -0.1) is 0 Å². The van der Waals surface area contributed by atoms with Crippen molar-refractivity contribution in [3.8, 4) is 5.75 Å². The molecule has 0 unspecified atom stereocenters. The van der Waals surface area contributed by atoms with Crippen LogP contribution in [0, 0.1) is 13.8 Å². The third-order valence-electron chi connectivity index (χ3n) is 9.25. The van der Waals surface area contributed by atoms with E-state index in [0.717, 1.165) is 125 Å². The fourth-order valence-corrected chi connectivity index (χ4v) is 11.3. The summed E-state index contributed by atoms with van der Waals surface area (Å²) in [4.78, 5) is 0. The third kappa shape index (κ3) is 9.86. The van der Waals surface area contributed by atoms with Crippen LogP contribution in [-0.4, -0.2) is 40.4 Å². The molecule has 0 spiro atoms. The summed E-state index contributed by atoms with van der Waals surface area (Å²) in [6.07, 6.45) is 17.9.